The summed E-state index contributed by atoms with van der Waals surface area (Å²) in [6.07, 6.45) is -2.83. The fraction of sp³-hybridized carbons (Fsp3) is 0.222. The number of halogens is 3. The van der Waals surface area contributed by atoms with E-state index in [0.29, 0.717) is 0 Å². The molecule has 3 N–H and O–H groups in total. The number of carbonyl (C=O) groups is 1. The van der Waals surface area contributed by atoms with Crippen molar-refractivity contribution in [2.75, 3.05) is 7.05 Å². The summed E-state index contributed by atoms with van der Waals surface area (Å²) < 4.78 is 37.8. The average molecular weight is 278 g/mol. The quantitative estimate of drug-likeness (QED) is 0.525. The van der Waals surface area contributed by atoms with Gasteiger partial charge in [-0.15, -0.1) is 0 Å². The van der Waals surface area contributed by atoms with Crippen LogP contribution in [-0.2, 0) is 6.18 Å². The number of nitrogens with zero attached hydrogens (tertiary/aromatic N) is 1. The van der Waals surface area contributed by atoms with Gasteiger partial charge in [-0.2, -0.15) is 13.2 Å². The van der Waals surface area contributed by atoms with Crippen molar-refractivity contribution in [3.63, 3.8) is 0 Å². The van der Waals surface area contributed by atoms with E-state index in [1.165, 1.54) is 7.05 Å². The maximum atomic E-state index is 12.6. The van der Waals surface area contributed by atoms with Crippen LogP contribution in [0.5, 0.6) is 0 Å². The lowest BCUT2D eigenvalue weighted by atomic mass is 10.1. The van der Waals surface area contributed by atoms with Crippen LogP contribution in [0.4, 0.5) is 13.2 Å². The molecule has 0 bridgehead atoms. The Labute approximate surface area is 106 Å². The van der Waals surface area contributed by atoms with Crippen molar-refractivity contribution in [2.45, 2.75) is 6.18 Å². The molecule has 98 valence electrons. The molecular formula is C9H9F3N4OS. The minimum absolute atomic E-state index is 0.0702. The summed E-state index contributed by atoms with van der Waals surface area (Å²) in [5.74, 6) is -0.979. The van der Waals surface area contributed by atoms with E-state index in [0.717, 1.165) is 18.5 Å². The van der Waals surface area contributed by atoms with Gasteiger partial charge in [0.15, 0.2) is 5.11 Å². The highest BCUT2D eigenvalue weighted by Gasteiger charge is 2.35. The molecule has 1 aromatic rings. The van der Waals surface area contributed by atoms with Crippen LogP contribution in [-0.4, -0.2) is 23.1 Å². The SMILES string of the molecule is CNC(=S)NNC(=O)c1cnccc1C(F)(F)F. The molecule has 0 unspecified atom stereocenters. The van der Waals surface area contributed by atoms with Crippen molar-refractivity contribution in [2.24, 2.45) is 0 Å². The lowest BCUT2D eigenvalue weighted by Crippen LogP contribution is -2.46. The molecule has 0 saturated carbocycles. The highest BCUT2D eigenvalue weighted by atomic mass is 32.1. The van der Waals surface area contributed by atoms with Crippen molar-refractivity contribution < 1.29 is 18.0 Å². The molecule has 18 heavy (non-hydrogen) atoms. The third-order valence-corrected chi connectivity index (χ3v) is 2.19. The van der Waals surface area contributed by atoms with Crippen LogP contribution in [0, 0.1) is 0 Å². The zero-order valence-electron chi connectivity index (χ0n) is 9.13. The predicted octanol–water partition coefficient (Wildman–Crippen LogP) is 0.839. The van der Waals surface area contributed by atoms with Crippen LogP contribution in [0.3, 0.4) is 0 Å². The minimum Gasteiger partial charge on any atom is -0.364 e. The zero-order chi connectivity index (χ0) is 13.8. The summed E-state index contributed by atoms with van der Waals surface area (Å²) in [5, 5.41) is 2.55. The topological polar surface area (TPSA) is 66.0 Å². The highest BCUT2D eigenvalue weighted by molar-refractivity contribution is 7.80. The molecule has 1 aromatic heterocycles. The van der Waals surface area contributed by atoms with Crippen molar-refractivity contribution in [1.29, 1.82) is 0 Å². The third kappa shape index (κ3) is 3.55. The van der Waals surface area contributed by atoms with Crippen molar-refractivity contribution in [3.05, 3.63) is 29.6 Å². The molecule has 0 radical (unpaired) electrons. The van der Waals surface area contributed by atoms with Crippen LogP contribution in [0.1, 0.15) is 15.9 Å². The van der Waals surface area contributed by atoms with Gasteiger partial charge in [-0.05, 0) is 18.3 Å². The molecule has 0 atom stereocenters. The van der Waals surface area contributed by atoms with E-state index < -0.39 is 23.2 Å². The first kappa shape index (κ1) is 14.2. The first-order valence-corrected chi connectivity index (χ1v) is 5.06. The number of alkyl halides is 3. The summed E-state index contributed by atoms with van der Waals surface area (Å²) in [6, 6.07) is 0.727. The van der Waals surface area contributed by atoms with Crippen LogP contribution < -0.4 is 16.2 Å². The number of nitrogens with one attached hydrogen (secondary N) is 3. The molecule has 0 aliphatic rings. The van der Waals surface area contributed by atoms with Crippen LogP contribution in [0.2, 0.25) is 0 Å². The summed E-state index contributed by atoms with van der Waals surface area (Å²) >= 11 is 4.66. The number of amides is 1. The van der Waals surface area contributed by atoms with E-state index in [1.807, 2.05) is 5.43 Å². The van der Waals surface area contributed by atoms with E-state index >= 15 is 0 Å². The molecule has 1 amide bonds. The number of aromatic nitrogens is 1. The molecular weight excluding hydrogens is 269 g/mol. The first-order chi connectivity index (χ1) is 8.36. The van der Waals surface area contributed by atoms with Crippen molar-refractivity contribution in [1.82, 2.24) is 21.2 Å². The van der Waals surface area contributed by atoms with Gasteiger partial charge in [-0.25, -0.2) is 0 Å². The molecule has 0 saturated heterocycles. The Kier molecular flexibility index (Phi) is 4.43. The van der Waals surface area contributed by atoms with E-state index in [-0.39, 0.29) is 5.11 Å². The summed E-state index contributed by atoms with van der Waals surface area (Å²) in [6.45, 7) is 0. The summed E-state index contributed by atoms with van der Waals surface area (Å²) in [7, 11) is 1.49. The molecule has 1 heterocycles. The van der Waals surface area contributed by atoms with Gasteiger partial charge in [0.25, 0.3) is 5.91 Å². The summed E-state index contributed by atoms with van der Waals surface area (Å²) in [4.78, 5) is 15.0. The molecule has 5 nitrogen and oxygen atoms in total. The molecule has 9 heteroatoms. The van der Waals surface area contributed by atoms with Crippen LogP contribution in [0.25, 0.3) is 0 Å². The Hall–Kier alpha value is -1.90. The normalized spacial score (nSPS) is 10.7. The van der Waals surface area contributed by atoms with Crippen LogP contribution >= 0.6 is 12.2 Å². The maximum absolute atomic E-state index is 12.6. The first-order valence-electron chi connectivity index (χ1n) is 4.65. The zero-order valence-corrected chi connectivity index (χ0v) is 9.95. The largest absolute Gasteiger partial charge is 0.417 e. The van der Waals surface area contributed by atoms with Gasteiger partial charge >= 0.3 is 6.18 Å². The lowest BCUT2D eigenvalue weighted by molar-refractivity contribution is -0.138. The molecule has 1 rings (SSSR count). The third-order valence-electron chi connectivity index (χ3n) is 1.89. The van der Waals surface area contributed by atoms with Gasteiger partial charge in [0.2, 0.25) is 0 Å². The molecule has 0 spiro atoms. The number of carbonyl (C=O) groups excluding carboxylic acids is 1. The number of thiocarbonyl (C=S) groups is 1. The lowest BCUT2D eigenvalue weighted by Gasteiger charge is -2.13. The number of rotatable bonds is 1. The second-order valence-electron chi connectivity index (χ2n) is 3.08. The molecule has 0 aliphatic heterocycles. The number of pyridine rings is 1. The number of hydrogen-bond donors (Lipinski definition) is 3. The van der Waals surface area contributed by atoms with Crippen molar-refractivity contribution in [3.8, 4) is 0 Å². The molecule has 0 fully saturated rings. The van der Waals surface area contributed by atoms with Gasteiger partial charge in [-0.1, -0.05) is 0 Å². The van der Waals surface area contributed by atoms with Crippen LogP contribution in [0.15, 0.2) is 18.5 Å². The Morgan fingerprint density at radius 1 is 1.39 bits per heavy atom. The van der Waals surface area contributed by atoms with Gasteiger partial charge in [0.05, 0.1) is 11.1 Å². The summed E-state index contributed by atoms with van der Waals surface area (Å²) in [5.41, 5.74) is 2.61. The Bertz CT molecular complexity index is 463. The van der Waals surface area contributed by atoms with E-state index in [9.17, 15) is 18.0 Å². The fourth-order valence-electron chi connectivity index (χ4n) is 1.07. The monoisotopic (exact) mass is 278 g/mol. The number of hydrazine groups is 1. The fourth-order valence-corrected chi connectivity index (χ4v) is 1.12. The second-order valence-corrected chi connectivity index (χ2v) is 3.49. The highest BCUT2D eigenvalue weighted by Crippen LogP contribution is 2.31. The standard InChI is InChI=1S/C9H9F3N4OS/c1-13-8(18)16-15-7(17)5-4-14-3-2-6(5)9(10,11)12/h2-4H,1H3,(H,15,17)(H2,13,16,18). The average Bonchev–Trinajstić information content (AvgIpc) is 2.34. The number of hydrogen-bond acceptors (Lipinski definition) is 3. The minimum atomic E-state index is -4.63. The molecule has 0 aliphatic carbocycles. The van der Waals surface area contributed by atoms with Gasteiger partial charge in [0, 0.05) is 19.4 Å². The maximum Gasteiger partial charge on any atom is 0.417 e. The predicted molar refractivity (Wildman–Crippen MR) is 61.5 cm³/mol. The Balaban J connectivity index is 2.89. The Morgan fingerprint density at radius 2 is 2.06 bits per heavy atom. The van der Waals surface area contributed by atoms with Gasteiger partial charge < -0.3 is 5.32 Å². The van der Waals surface area contributed by atoms with E-state index in [1.54, 1.807) is 0 Å². The van der Waals surface area contributed by atoms with Gasteiger partial charge in [0.1, 0.15) is 0 Å². The smallest absolute Gasteiger partial charge is 0.364 e. The van der Waals surface area contributed by atoms with Gasteiger partial charge in [-0.3, -0.25) is 20.6 Å². The molecule has 0 aromatic carbocycles. The Morgan fingerprint density at radius 3 is 2.61 bits per heavy atom. The van der Waals surface area contributed by atoms with Crippen molar-refractivity contribution >= 4 is 23.2 Å². The second kappa shape index (κ2) is 5.63. The van der Waals surface area contributed by atoms with E-state index in [2.05, 4.69) is 27.9 Å². The van der Waals surface area contributed by atoms with E-state index in [4.69, 9.17) is 0 Å².